The Morgan fingerprint density at radius 3 is 2.62 bits per heavy atom. The van der Waals surface area contributed by atoms with Crippen LogP contribution in [0.15, 0.2) is 42.5 Å². The summed E-state index contributed by atoms with van der Waals surface area (Å²) >= 11 is 0. The number of amides is 1. The summed E-state index contributed by atoms with van der Waals surface area (Å²) in [4.78, 5) is 13.5. The highest BCUT2D eigenvalue weighted by molar-refractivity contribution is 5.70. The Balaban J connectivity index is 1.50. The molecule has 2 aromatic rings. The fourth-order valence-electron chi connectivity index (χ4n) is 6.19. The van der Waals surface area contributed by atoms with Crippen molar-refractivity contribution in [3.8, 4) is 23.3 Å². The van der Waals surface area contributed by atoms with Crippen LogP contribution in [-0.2, 0) is 23.1 Å². The summed E-state index contributed by atoms with van der Waals surface area (Å²) in [5, 5.41) is 14.6. The van der Waals surface area contributed by atoms with Crippen LogP contribution in [-0.4, -0.2) is 62.7 Å². The molecule has 210 valence electrons. The fourth-order valence-corrected chi connectivity index (χ4v) is 6.19. The first-order valence-electron chi connectivity index (χ1n) is 13.9. The van der Waals surface area contributed by atoms with Crippen LogP contribution in [0.1, 0.15) is 55.7 Å². The van der Waals surface area contributed by atoms with Crippen molar-refractivity contribution in [1.82, 2.24) is 10.2 Å². The molecular formula is C32H42N2O5. The summed E-state index contributed by atoms with van der Waals surface area (Å²) in [6.07, 6.45) is 4.42. The maximum absolute atomic E-state index is 12.1. The normalized spacial score (nSPS) is 23.6. The molecule has 0 heterocycles. The van der Waals surface area contributed by atoms with Crippen LogP contribution in [0, 0.1) is 17.8 Å². The number of rotatable bonds is 10. The maximum atomic E-state index is 12.1. The molecule has 2 N–H and O–H groups in total. The second-order valence-electron chi connectivity index (χ2n) is 11.0. The summed E-state index contributed by atoms with van der Waals surface area (Å²) in [6, 6.07) is 14.3. The van der Waals surface area contributed by atoms with Crippen molar-refractivity contribution in [2.45, 2.75) is 63.0 Å². The lowest BCUT2D eigenvalue weighted by Crippen LogP contribution is -2.50. The van der Waals surface area contributed by atoms with E-state index in [4.69, 9.17) is 14.2 Å². The standard InChI is InChI=1S/C32H42N2O5/c1-5-14-31(36)15-16-32(17-19-38-27-10-6-24(7-11-27)23-33-18-20-37-4)26(22-31)9-8-25-21-28(12-13-29(25)32)39-30(35)34(2)3/h6-7,10-13,21,26,33,36H,8-9,15-20,22-23H2,1-4H3/t26-,31+,32+/m0/s1. The van der Waals surface area contributed by atoms with Crippen molar-refractivity contribution in [2.24, 2.45) is 5.92 Å². The predicted molar refractivity (Wildman–Crippen MR) is 152 cm³/mol. The van der Waals surface area contributed by atoms with Crippen molar-refractivity contribution in [3.05, 3.63) is 59.2 Å². The molecule has 1 fully saturated rings. The molecule has 7 heteroatoms. The third kappa shape index (κ3) is 6.94. The summed E-state index contributed by atoms with van der Waals surface area (Å²) in [5.41, 5.74) is 2.65. The minimum atomic E-state index is -0.935. The van der Waals surface area contributed by atoms with Gasteiger partial charge in [0.25, 0.3) is 0 Å². The van der Waals surface area contributed by atoms with E-state index in [0.717, 1.165) is 44.5 Å². The van der Waals surface area contributed by atoms with Crippen molar-refractivity contribution in [1.29, 1.82) is 0 Å². The number of nitrogens with one attached hydrogen (secondary N) is 1. The quantitative estimate of drug-likeness (QED) is 0.340. The predicted octanol–water partition coefficient (Wildman–Crippen LogP) is 4.69. The molecule has 1 saturated carbocycles. The first-order valence-corrected chi connectivity index (χ1v) is 13.9. The number of ether oxygens (including phenoxy) is 3. The van der Waals surface area contributed by atoms with Crippen molar-refractivity contribution in [2.75, 3.05) is 41.0 Å². The SMILES string of the molecule is CC#C[C@@]1(O)CC[C@]2(CCOc3ccc(CNCCOC)cc3)c3ccc(OC(=O)N(C)C)cc3CC[C@H]2C1. The summed E-state index contributed by atoms with van der Waals surface area (Å²) in [7, 11) is 5.06. The number of aliphatic hydroxyl groups is 1. The lowest BCUT2D eigenvalue weighted by molar-refractivity contribution is -0.0143. The Hall–Kier alpha value is -3.05. The molecule has 3 atom stereocenters. The van der Waals surface area contributed by atoms with Gasteiger partial charge in [0.1, 0.15) is 17.1 Å². The van der Waals surface area contributed by atoms with Gasteiger partial charge in [-0.05, 0) is 92.3 Å². The molecule has 0 bridgehead atoms. The third-order valence-electron chi connectivity index (χ3n) is 8.21. The number of aryl methyl sites for hydroxylation is 1. The highest BCUT2D eigenvalue weighted by Crippen LogP contribution is 2.54. The zero-order valence-corrected chi connectivity index (χ0v) is 23.7. The zero-order valence-electron chi connectivity index (χ0n) is 23.7. The minimum Gasteiger partial charge on any atom is -0.494 e. The van der Waals surface area contributed by atoms with Gasteiger partial charge in [0.2, 0.25) is 0 Å². The van der Waals surface area contributed by atoms with Crippen LogP contribution in [0.3, 0.4) is 0 Å². The second kappa shape index (κ2) is 12.9. The average Bonchev–Trinajstić information content (AvgIpc) is 2.92. The fraction of sp³-hybridized carbons (Fsp3) is 0.531. The van der Waals surface area contributed by atoms with E-state index in [1.54, 1.807) is 28.1 Å². The number of hydrogen-bond acceptors (Lipinski definition) is 6. The van der Waals surface area contributed by atoms with Gasteiger partial charge >= 0.3 is 6.09 Å². The molecule has 0 saturated heterocycles. The number of carbonyl (C=O) groups is 1. The third-order valence-corrected chi connectivity index (χ3v) is 8.21. The smallest absolute Gasteiger partial charge is 0.414 e. The molecule has 39 heavy (non-hydrogen) atoms. The van der Waals surface area contributed by atoms with E-state index in [9.17, 15) is 9.90 Å². The molecule has 2 aliphatic rings. The van der Waals surface area contributed by atoms with Gasteiger partial charge in [0.05, 0.1) is 13.2 Å². The monoisotopic (exact) mass is 534 g/mol. The van der Waals surface area contributed by atoms with Crippen LogP contribution < -0.4 is 14.8 Å². The number of benzene rings is 2. The molecule has 2 aliphatic carbocycles. The van der Waals surface area contributed by atoms with Gasteiger partial charge in [-0.3, -0.25) is 0 Å². The molecule has 0 aliphatic heterocycles. The molecular weight excluding hydrogens is 492 g/mol. The van der Waals surface area contributed by atoms with E-state index in [-0.39, 0.29) is 11.5 Å². The Kier molecular flexibility index (Phi) is 9.55. The number of carbonyl (C=O) groups excluding carboxylic acids is 1. The van der Waals surface area contributed by atoms with Gasteiger partial charge in [-0.15, -0.1) is 5.92 Å². The Labute approximate surface area is 232 Å². The van der Waals surface area contributed by atoms with Crippen LogP contribution in [0.2, 0.25) is 0 Å². The first-order chi connectivity index (χ1) is 18.8. The van der Waals surface area contributed by atoms with Gasteiger partial charge in [-0.2, -0.15) is 0 Å². The number of nitrogens with zero attached hydrogens (tertiary/aromatic N) is 1. The first kappa shape index (κ1) is 28.9. The Morgan fingerprint density at radius 2 is 1.90 bits per heavy atom. The highest BCUT2D eigenvalue weighted by Gasteiger charge is 2.51. The van der Waals surface area contributed by atoms with E-state index < -0.39 is 5.60 Å². The van der Waals surface area contributed by atoms with Crippen molar-refractivity contribution < 1.29 is 24.1 Å². The minimum absolute atomic E-state index is 0.121. The van der Waals surface area contributed by atoms with Crippen molar-refractivity contribution >= 4 is 6.09 Å². The van der Waals surface area contributed by atoms with Crippen LogP contribution in [0.4, 0.5) is 4.79 Å². The topological polar surface area (TPSA) is 80.3 Å². The van der Waals surface area contributed by atoms with Gasteiger partial charge in [-0.25, -0.2) is 4.79 Å². The van der Waals surface area contributed by atoms with E-state index in [0.29, 0.717) is 37.7 Å². The Morgan fingerprint density at radius 1 is 1.13 bits per heavy atom. The lowest BCUT2D eigenvalue weighted by atomic mass is 9.53. The second-order valence-corrected chi connectivity index (χ2v) is 11.0. The maximum Gasteiger partial charge on any atom is 0.414 e. The number of fused-ring (bicyclic) bond motifs is 3. The van der Waals surface area contributed by atoms with Gasteiger partial charge in [0.15, 0.2) is 0 Å². The molecule has 0 radical (unpaired) electrons. The number of hydrogen-bond donors (Lipinski definition) is 2. The van der Waals surface area contributed by atoms with Crippen LogP contribution in [0.5, 0.6) is 11.5 Å². The van der Waals surface area contributed by atoms with E-state index in [2.05, 4.69) is 35.4 Å². The Bertz CT molecular complexity index is 1190. The van der Waals surface area contributed by atoms with E-state index >= 15 is 0 Å². The van der Waals surface area contributed by atoms with Gasteiger partial charge in [-0.1, -0.05) is 24.1 Å². The molecule has 7 nitrogen and oxygen atoms in total. The summed E-state index contributed by atoms with van der Waals surface area (Å²) in [5.74, 6) is 7.74. The lowest BCUT2D eigenvalue weighted by Gasteiger charge is -2.52. The van der Waals surface area contributed by atoms with Gasteiger partial charge in [0, 0.05) is 39.7 Å². The van der Waals surface area contributed by atoms with Crippen molar-refractivity contribution in [3.63, 3.8) is 0 Å². The molecule has 0 aromatic heterocycles. The van der Waals surface area contributed by atoms with E-state index in [1.807, 2.05) is 24.3 Å². The summed E-state index contributed by atoms with van der Waals surface area (Å²) < 4.78 is 16.9. The average molecular weight is 535 g/mol. The van der Waals surface area contributed by atoms with Crippen LogP contribution in [0.25, 0.3) is 0 Å². The molecule has 2 aromatic carbocycles. The zero-order chi connectivity index (χ0) is 27.9. The highest BCUT2D eigenvalue weighted by atomic mass is 16.6. The summed E-state index contributed by atoms with van der Waals surface area (Å²) in [6.45, 7) is 4.68. The molecule has 1 amide bonds. The van der Waals surface area contributed by atoms with Crippen LogP contribution >= 0.6 is 0 Å². The van der Waals surface area contributed by atoms with Gasteiger partial charge < -0.3 is 29.5 Å². The molecule has 0 spiro atoms. The number of methoxy groups -OCH3 is 1. The van der Waals surface area contributed by atoms with E-state index in [1.165, 1.54) is 21.6 Å². The molecule has 4 rings (SSSR count). The molecule has 0 unspecified atom stereocenters. The largest absolute Gasteiger partial charge is 0.494 e.